The van der Waals surface area contributed by atoms with Crippen molar-refractivity contribution in [1.82, 2.24) is 4.98 Å². The van der Waals surface area contributed by atoms with Crippen LogP contribution in [-0.2, 0) is 10.9 Å². The molecule has 1 aromatic rings. The van der Waals surface area contributed by atoms with Crippen LogP contribution >= 0.6 is 0 Å². The van der Waals surface area contributed by atoms with E-state index in [4.69, 9.17) is 10.5 Å². The standard InChI is InChI=1S/C12H15F3N2O/c1-18-11(7-2-3-7)10(16)8-6-17-5-4-9(8)12(13,14)15/h4-7,10-11H,2-3,16H2,1H3. The van der Waals surface area contributed by atoms with Gasteiger partial charge in [0.1, 0.15) is 0 Å². The van der Waals surface area contributed by atoms with E-state index < -0.39 is 17.8 Å². The van der Waals surface area contributed by atoms with E-state index in [-0.39, 0.29) is 17.6 Å². The second-order valence-electron chi connectivity index (χ2n) is 4.52. The van der Waals surface area contributed by atoms with Gasteiger partial charge in [-0.3, -0.25) is 4.98 Å². The van der Waals surface area contributed by atoms with E-state index in [1.807, 2.05) is 0 Å². The lowest BCUT2D eigenvalue weighted by Gasteiger charge is -2.25. The Hall–Kier alpha value is -1.14. The molecule has 1 aromatic heterocycles. The molecule has 0 aromatic carbocycles. The SMILES string of the molecule is COC(C1CC1)C(N)c1cnccc1C(F)(F)F. The summed E-state index contributed by atoms with van der Waals surface area (Å²) >= 11 is 0. The maximum Gasteiger partial charge on any atom is 0.416 e. The largest absolute Gasteiger partial charge is 0.416 e. The van der Waals surface area contributed by atoms with Gasteiger partial charge in [0.25, 0.3) is 0 Å². The Labute approximate surface area is 103 Å². The Morgan fingerprint density at radius 1 is 1.44 bits per heavy atom. The number of alkyl halides is 3. The highest BCUT2D eigenvalue weighted by Crippen LogP contribution is 2.41. The summed E-state index contributed by atoms with van der Waals surface area (Å²) in [5.74, 6) is 0.256. The summed E-state index contributed by atoms with van der Waals surface area (Å²) in [4.78, 5) is 3.74. The van der Waals surface area contributed by atoms with Gasteiger partial charge in [-0.05, 0) is 24.8 Å². The number of nitrogens with zero attached hydrogens (tertiary/aromatic N) is 1. The molecular formula is C12H15F3N2O. The van der Waals surface area contributed by atoms with Gasteiger partial charge in [0.05, 0.1) is 17.7 Å². The van der Waals surface area contributed by atoms with Crippen LogP contribution in [0, 0.1) is 5.92 Å². The van der Waals surface area contributed by atoms with Gasteiger partial charge in [0, 0.05) is 25.1 Å². The molecule has 1 aliphatic rings. The number of ether oxygens (including phenoxy) is 1. The van der Waals surface area contributed by atoms with Crippen LogP contribution in [0.2, 0.25) is 0 Å². The summed E-state index contributed by atoms with van der Waals surface area (Å²) in [5.41, 5.74) is 5.20. The van der Waals surface area contributed by atoms with Crippen LogP contribution in [0.25, 0.3) is 0 Å². The molecule has 2 atom stereocenters. The Balaban J connectivity index is 2.31. The molecule has 0 saturated heterocycles. The van der Waals surface area contributed by atoms with E-state index in [0.29, 0.717) is 0 Å². The van der Waals surface area contributed by atoms with E-state index in [1.165, 1.54) is 13.3 Å². The molecule has 0 bridgehead atoms. The van der Waals surface area contributed by atoms with Crippen LogP contribution in [0.1, 0.15) is 30.0 Å². The van der Waals surface area contributed by atoms with Gasteiger partial charge in [0.15, 0.2) is 0 Å². The zero-order chi connectivity index (χ0) is 13.3. The number of aromatic nitrogens is 1. The first-order chi connectivity index (χ1) is 8.45. The molecule has 0 aliphatic heterocycles. The highest BCUT2D eigenvalue weighted by atomic mass is 19.4. The van der Waals surface area contributed by atoms with Crippen LogP contribution in [0.15, 0.2) is 18.5 Å². The average molecular weight is 260 g/mol. The minimum atomic E-state index is -4.42. The minimum Gasteiger partial charge on any atom is -0.379 e. The van der Waals surface area contributed by atoms with Gasteiger partial charge in [-0.2, -0.15) is 13.2 Å². The number of hydrogen-bond donors (Lipinski definition) is 1. The summed E-state index contributed by atoms with van der Waals surface area (Å²) in [6.07, 6.45) is -0.588. The van der Waals surface area contributed by atoms with Gasteiger partial charge in [-0.15, -0.1) is 0 Å². The van der Waals surface area contributed by atoms with E-state index in [1.54, 1.807) is 0 Å². The summed E-state index contributed by atoms with van der Waals surface area (Å²) in [6, 6.07) is 0.155. The van der Waals surface area contributed by atoms with Crippen molar-refractivity contribution in [3.63, 3.8) is 0 Å². The molecule has 1 fully saturated rings. The number of halogens is 3. The van der Waals surface area contributed by atoms with E-state index in [2.05, 4.69) is 4.98 Å². The fraction of sp³-hybridized carbons (Fsp3) is 0.583. The third-order valence-electron chi connectivity index (χ3n) is 3.23. The maximum atomic E-state index is 12.9. The summed E-state index contributed by atoms with van der Waals surface area (Å²) in [7, 11) is 1.48. The molecule has 0 radical (unpaired) electrons. The maximum absolute atomic E-state index is 12.9. The molecule has 100 valence electrons. The van der Waals surface area contributed by atoms with Gasteiger partial charge in [-0.25, -0.2) is 0 Å². The van der Waals surface area contributed by atoms with Gasteiger partial charge in [0.2, 0.25) is 0 Å². The second-order valence-corrected chi connectivity index (χ2v) is 4.52. The van der Waals surface area contributed by atoms with E-state index >= 15 is 0 Å². The fourth-order valence-corrected chi connectivity index (χ4v) is 2.16. The molecule has 1 aliphatic carbocycles. The molecular weight excluding hydrogens is 245 g/mol. The van der Waals surface area contributed by atoms with Crippen molar-refractivity contribution >= 4 is 0 Å². The Kier molecular flexibility index (Phi) is 3.59. The van der Waals surface area contributed by atoms with Crippen molar-refractivity contribution in [2.45, 2.75) is 31.2 Å². The molecule has 18 heavy (non-hydrogen) atoms. The quantitative estimate of drug-likeness (QED) is 0.905. The number of methoxy groups -OCH3 is 1. The average Bonchev–Trinajstić information content (AvgIpc) is 3.13. The van der Waals surface area contributed by atoms with Crippen molar-refractivity contribution in [2.24, 2.45) is 11.7 Å². The highest BCUT2D eigenvalue weighted by Gasteiger charge is 2.40. The molecule has 2 rings (SSSR count). The second kappa shape index (κ2) is 4.85. The summed E-state index contributed by atoms with van der Waals surface area (Å²) < 4.78 is 43.8. The first-order valence-corrected chi connectivity index (χ1v) is 5.74. The smallest absolute Gasteiger partial charge is 0.379 e. The molecule has 0 amide bonds. The van der Waals surface area contributed by atoms with Crippen molar-refractivity contribution < 1.29 is 17.9 Å². The lowest BCUT2D eigenvalue weighted by Crippen LogP contribution is -2.31. The number of rotatable bonds is 4. The predicted molar refractivity (Wildman–Crippen MR) is 59.7 cm³/mol. The van der Waals surface area contributed by atoms with Crippen LogP contribution < -0.4 is 5.73 Å². The van der Waals surface area contributed by atoms with Crippen LogP contribution in [-0.4, -0.2) is 18.2 Å². The molecule has 0 spiro atoms. The molecule has 3 nitrogen and oxygen atoms in total. The summed E-state index contributed by atoms with van der Waals surface area (Å²) in [6.45, 7) is 0. The highest BCUT2D eigenvalue weighted by molar-refractivity contribution is 5.30. The molecule has 2 N–H and O–H groups in total. The van der Waals surface area contributed by atoms with Crippen molar-refractivity contribution in [3.05, 3.63) is 29.6 Å². The van der Waals surface area contributed by atoms with Gasteiger partial charge >= 0.3 is 6.18 Å². The van der Waals surface area contributed by atoms with Crippen molar-refractivity contribution in [2.75, 3.05) is 7.11 Å². The zero-order valence-electron chi connectivity index (χ0n) is 9.95. The topological polar surface area (TPSA) is 48.1 Å². The first-order valence-electron chi connectivity index (χ1n) is 5.74. The van der Waals surface area contributed by atoms with Crippen molar-refractivity contribution in [1.29, 1.82) is 0 Å². The van der Waals surface area contributed by atoms with Crippen LogP contribution in [0.5, 0.6) is 0 Å². The minimum absolute atomic E-state index is 0.00347. The van der Waals surface area contributed by atoms with Crippen LogP contribution in [0.4, 0.5) is 13.2 Å². The Morgan fingerprint density at radius 3 is 2.61 bits per heavy atom. The van der Waals surface area contributed by atoms with E-state index in [0.717, 1.165) is 25.1 Å². The summed E-state index contributed by atoms with van der Waals surface area (Å²) in [5, 5.41) is 0. The lowest BCUT2D eigenvalue weighted by molar-refractivity contribution is -0.138. The number of hydrogen-bond acceptors (Lipinski definition) is 3. The first kappa shape index (κ1) is 13.3. The van der Waals surface area contributed by atoms with Gasteiger partial charge < -0.3 is 10.5 Å². The third-order valence-corrected chi connectivity index (χ3v) is 3.23. The monoisotopic (exact) mass is 260 g/mol. The third kappa shape index (κ3) is 2.64. The predicted octanol–water partition coefficient (Wildman–Crippen LogP) is 2.53. The molecule has 2 unspecified atom stereocenters. The number of nitrogens with two attached hydrogens (primary N) is 1. The lowest BCUT2D eigenvalue weighted by atomic mass is 9.96. The van der Waals surface area contributed by atoms with E-state index in [9.17, 15) is 13.2 Å². The van der Waals surface area contributed by atoms with Crippen LogP contribution in [0.3, 0.4) is 0 Å². The molecule has 6 heteroatoms. The molecule has 1 heterocycles. The van der Waals surface area contributed by atoms with Crippen molar-refractivity contribution in [3.8, 4) is 0 Å². The fourth-order valence-electron chi connectivity index (χ4n) is 2.16. The zero-order valence-corrected chi connectivity index (χ0v) is 9.95. The van der Waals surface area contributed by atoms with Gasteiger partial charge in [-0.1, -0.05) is 0 Å². The Morgan fingerprint density at radius 2 is 2.11 bits per heavy atom. The Bertz CT molecular complexity index is 418. The molecule has 1 saturated carbocycles. The number of pyridine rings is 1. The normalized spacial score (nSPS) is 19.6.